The van der Waals surface area contributed by atoms with Crippen molar-refractivity contribution in [1.29, 1.82) is 0 Å². The Morgan fingerprint density at radius 2 is 1.09 bits per heavy atom. The van der Waals surface area contributed by atoms with Gasteiger partial charge in [-0.25, -0.2) is 0 Å². The second kappa shape index (κ2) is 37.0. The third-order valence-electron chi connectivity index (χ3n) is 14.3. The lowest BCUT2D eigenvalue weighted by atomic mass is 10.00. The van der Waals surface area contributed by atoms with Gasteiger partial charge in [0.15, 0.2) is 0 Å². The minimum absolute atomic E-state index is 0.0347. The van der Waals surface area contributed by atoms with Crippen LogP contribution in [-0.2, 0) is 54.4 Å². The van der Waals surface area contributed by atoms with Gasteiger partial charge in [-0.05, 0) is 114 Å². The van der Waals surface area contributed by atoms with Crippen molar-refractivity contribution in [2.24, 2.45) is 34.6 Å². The lowest BCUT2D eigenvalue weighted by Gasteiger charge is -2.28. The molecule has 0 bridgehead atoms. The molecule has 1 aliphatic heterocycles. The number of nitrogens with one attached hydrogen (secondary N) is 11. The van der Waals surface area contributed by atoms with Crippen LogP contribution in [0.3, 0.4) is 0 Å². The number of hydrogen-bond acceptors (Lipinski definition) is 18. The van der Waals surface area contributed by atoms with E-state index in [2.05, 4.69) is 58.5 Å². The van der Waals surface area contributed by atoms with Gasteiger partial charge in [0.05, 0.1) is 12.2 Å². The van der Waals surface area contributed by atoms with Crippen LogP contribution < -0.4 is 87.2 Å². The summed E-state index contributed by atoms with van der Waals surface area (Å²) in [5, 5.41) is 49.8. The third kappa shape index (κ3) is 23.1. The van der Waals surface area contributed by atoms with Crippen molar-refractivity contribution >= 4 is 76.6 Å². The monoisotopic (exact) mass is 1260 g/mol. The van der Waals surface area contributed by atoms with Crippen molar-refractivity contribution in [3.05, 3.63) is 95.0 Å². The van der Waals surface area contributed by atoms with E-state index in [9.17, 15) is 63.0 Å². The van der Waals surface area contributed by atoms with E-state index in [-0.39, 0.29) is 76.2 Å². The molecular weight excluding hydrogens is 1180 g/mol. The van der Waals surface area contributed by atoms with E-state index in [1.165, 1.54) is 32.0 Å². The minimum Gasteiger partial charge on any atom is -0.391 e. The molecule has 30 heteroatoms. The molecule has 1 saturated heterocycles. The second-order valence-electron chi connectivity index (χ2n) is 21.9. The van der Waals surface area contributed by atoms with E-state index in [0.717, 1.165) is 5.56 Å². The summed E-state index contributed by atoms with van der Waals surface area (Å²) in [7, 11) is 0. The van der Waals surface area contributed by atoms with Gasteiger partial charge < -0.3 is 97.4 Å². The molecule has 0 saturated carbocycles. The number of rotatable bonds is 24. The molecular formula is C59H87ClN16O13. The van der Waals surface area contributed by atoms with Crippen molar-refractivity contribution in [1.82, 2.24) is 58.5 Å². The van der Waals surface area contributed by atoms with Gasteiger partial charge in [-0.15, -0.1) is 0 Å². The van der Waals surface area contributed by atoms with E-state index >= 15 is 0 Å². The van der Waals surface area contributed by atoms with Gasteiger partial charge >= 0.3 is 0 Å². The summed E-state index contributed by atoms with van der Waals surface area (Å²) in [5.41, 5.74) is 31.5. The number of hydrogen-bond donors (Lipinski definition) is 18. The van der Waals surface area contributed by atoms with Crippen LogP contribution in [0.2, 0.25) is 5.02 Å². The quantitative estimate of drug-likeness (QED) is 0.0401. The van der Waals surface area contributed by atoms with Gasteiger partial charge in [0.2, 0.25) is 59.1 Å². The van der Waals surface area contributed by atoms with Gasteiger partial charge in [0.1, 0.15) is 60.4 Å². The lowest BCUT2D eigenvalue weighted by molar-refractivity contribution is -0.136. The number of benzene rings is 3. The number of aliphatic hydroxyl groups excluding tert-OH is 2. The molecule has 89 heavy (non-hydrogen) atoms. The smallest absolute Gasteiger partial charge is 0.251 e. The molecule has 1 aliphatic rings. The summed E-state index contributed by atoms with van der Waals surface area (Å²) in [6.07, 6.45) is -4.52. The number of nitrogens with two attached hydrogens (primary N) is 5. The molecule has 29 nitrogen and oxygen atoms in total. The van der Waals surface area contributed by atoms with Crippen LogP contribution in [0.4, 0.5) is 0 Å². The number of carbonyl (C=O) groups excluding carboxylic acids is 11. The first kappa shape index (κ1) is 73.3. The maximum absolute atomic E-state index is 14.5. The highest BCUT2D eigenvalue weighted by Crippen LogP contribution is 2.29. The Kier molecular flexibility index (Phi) is 30.5. The van der Waals surface area contributed by atoms with E-state index in [1.807, 2.05) is 6.07 Å². The van der Waals surface area contributed by atoms with E-state index in [4.69, 9.17) is 40.3 Å². The normalized spacial score (nSPS) is 21.9. The molecule has 3 aromatic carbocycles. The molecule has 1 heterocycles. The first-order valence-corrected chi connectivity index (χ1v) is 29.8. The highest BCUT2D eigenvalue weighted by molar-refractivity contribution is 6.33. The van der Waals surface area contributed by atoms with Crippen molar-refractivity contribution in [2.75, 3.05) is 39.3 Å². The fourth-order valence-electron chi connectivity index (χ4n) is 9.41. The Morgan fingerprint density at radius 1 is 0.573 bits per heavy atom. The van der Waals surface area contributed by atoms with Gasteiger partial charge in [-0.3, -0.25) is 52.7 Å². The molecule has 0 spiro atoms. The summed E-state index contributed by atoms with van der Waals surface area (Å²) in [4.78, 5) is 155. The number of aliphatic hydroxyl groups is 2. The highest BCUT2D eigenvalue weighted by Gasteiger charge is 2.38. The fraction of sp³-hybridized carbons (Fsp3) is 0.508. The highest BCUT2D eigenvalue weighted by atomic mass is 35.5. The van der Waals surface area contributed by atoms with Gasteiger partial charge in [0, 0.05) is 35.7 Å². The van der Waals surface area contributed by atoms with Gasteiger partial charge in [0.25, 0.3) is 5.91 Å². The van der Waals surface area contributed by atoms with Crippen molar-refractivity contribution in [3.63, 3.8) is 0 Å². The average molecular weight is 1260 g/mol. The third-order valence-corrected chi connectivity index (χ3v) is 14.6. The first-order chi connectivity index (χ1) is 42.3. The van der Waals surface area contributed by atoms with Crippen LogP contribution in [0.15, 0.2) is 78.9 Å². The molecule has 11 amide bonds. The molecule has 0 aliphatic carbocycles. The SMILES string of the molecule is CC(C)C[C@@H]1NC(=O)[C@@H](Cc2ccccc2)NC(=O)[C@H](CCN)NC(=O)[C@@H](NC(=O)[C@H](CN)NC(=O)[C@@H](NC(=O)[C@H](CCN)NC(=O)c2ccc(Cl)c(-c3ccccc3)c2)[C@@H](C)O)CCNC(=O)[C@H]([C@@H](C)O)NC(=O)[C@H](CCN)NC(=O)[C@H](CCN)NC1=O. The van der Waals surface area contributed by atoms with E-state index in [0.29, 0.717) is 16.1 Å². The molecule has 3 aromatic rings. The van der Waals surface area contributed by atoms with Crippen molar-refractivity contribution in [2.45, 2.75) is 145 Å². The van der Waals surface area contributed by atoms with Gasteiger partial charge in [-0.2, -0.15) is 0 Å². The zero-order valence-electron chi connectivity index (χ0n) is 50.4. The topological polar surface area (TPSA) is 491 Å². The zero-order valence-corrected chi connectivity index (χ0v) is 51.1. The average Bonchev–Trinajstić information content (AvgIpc) is 3.66. The standard InChI is InChI=1S/C59H87ClN16O13/c1-31(2)27-44-55(85)70-39(17-22-61)50(80)69-42(20-25-64)54(84)75-47(32(3)77)58(88)66-26-21-43(52(82)68-40(18-23-62)51(81)73-45(56(86)72-44)28-34-11-7-5-8-12-34)71-57(87)46(30-65)74-59(89)48(33(4)78)76-53(83)41(19-24-63)67-49(79)36-15-16-38(60)37(29-36)35-13-9-6-10-14-35/h5-16,29,31-33,39-48,77-78H,17-28,30,61-65H2,1-4H3,(H,66,88)(H,67,79)(H,68,82)(H,69,80)(H,70,85)(H,71,87)(H,72,86)(H,73,81)(H,74,89)(H,75,84)(H,76,83)/t32-,33-,39+,40+,41+,42+,43+,44+,45-,46+,47+,48+/m1/s1. The van der Waals surface area contributed by atoms with Crippen LogP contribution in [-0.4, -0.2) is 187 Å². The molecule has 0 unspecified atom stereocenters. The van der Waals surface area contributed by atoms with Crippen LogP contribution in [0.5, 0.6) is 0 Å². The molecule has 1 fully saturated rings. The van der Waals surface area contributed by atoms with Gasteiger partial charge in [-0.1, -0.05) is 86.1 Å². The Hall–Kier alpha value is -8.16. The van der Waals surface area contributed by atoms with Crippen LogP contribution in [0, 0.1) is 5.92 Å². The molecule has 4 rings (SSSR count). The largest absolute Gasteiger partial charge is 0.391 e. The second-order valence-corrected chi connectivity index (χ2v) is 22.3. The summed E-state index contributed by atoms with van der Waals surface area (Å²) in [5.74, 6) is -10.6. The van der Waals surface area contributed by atoms with Crippen LogP contribution in [0.25, 0.3) is 11.1 Å². The predicted octanol–water partition coefficient (Wildman–Crippen LogP) is -4.61. The van der Waals surface area contributed by atoms with Crippen molar-refractivity contribution < 1.29 is 63.0 Å². The van der Waals surface area contributed by atoms with E-state index in [1.54, 1.807) is 68.4 Å². The van der Waals surface area contributed by atoms with E-state index < -0.39 is 157 Å². The first-order valence-electron chi connectivity index (χ1n) is 29.4. The Balaban J connectivity index is 1.68. The molecule has 12 atom stereocenters. The summed E-state index contributed by atoms with van der Waals surface area (Å²) in [6.45, 7) is 4.17. The molecule has 0 aromatic heterocycles. The number of carbonyl (C=O) groups is 11. The molecule has 0 radical (unpaired) electrons. The molecule has 23 N–H and O–H groups in total. The van der Waals surface area contributed by atoms with Crippen molar-refractivity contribution in [3.8, 4) is 11.1 Å². The summed E-state index contributed by atoms with van der Waals surface area (Å²) < 4.78 is 0. The molecule has 488 valence electrons. The van der Waals surface area contributed by atoms with Crippen LogP contribution in [0.1, 0.15) is 82.1 Å². The Bertz CT molecular complexity index is 2890. The maximum Gasteiger partial charge on any atom is 0.251 e. The lowest BCUT2D eigenvalue weighted by Crippen LogP contribution is -2.63. The fourth-order valence-corrected chi connectivity index (χ4v) is 9.64. The minimum atomic E-state index is -1.79. The predicted molar refractivity (Wildman–Crippen MR) is 330 cm³/mol. The maximum atomic E-state index is 14.5. The number of halogens is 1. The van der Waals surface area contributed by atoms with Crippen LogP contribution >= 0.6 is 11.6 Å². The zero-order chi connectivity index (χ0) is 65.9. The Morgan fingerprint density at radius 3 is 1.62 bits per heavy atom. The Labute approximate surface area is 521 Å². The summed E-state index contributed by atoms with van der Waals surface area (Å²) in [6, 6.07) is 6.66. The number of amides is 11. The summed E-state index contributed by atoms with van der Waals surface area (Å²) >= 11 is 6.46.